The maximum absolute atomic E-state index is 13.7. The number of carbonyl (C=O) groups excluding carboxylic acids is 2. The fraction of sp³-hybridized carbons (Fsp3) is 0.222. The van der Waals surface area contributed by atoms with Crippen LogP contribution in [0.4, 0.5) is 32.3 Å². The molecule has 7 nitrogen and oxygen atoms in total. The maximum atomic E-state index is 13.7. The first kappa shape index (κ1) is 34.7. The van der Waals surface area contributed by atoms with Crippen LogP contribution in [0.15, 0.2) is 102 Å². The fourth-order valence-electron chi connectivity index (χ4n) is 6.33. The minimum Gasteiger partial charge on any atom is -0.368 e. The lowest BCUT2D eigenvalue weighted by molar-refractivity contribution is -0.141. The predicted molar refractivity (Wildman–Crippen MR) is 177 cm³/mol. The molecule has 0 saturated heterocycles. The average Bonchev–Trinajstić information content (AvgIpc) is 3.61. The van der Waals surface area contributed by atoms with Crippen LogP contribution >= 0.6 is 11.8 Å². The summed E-state index contributed by atoms with van der Waals surface area (Å²) in [6.45, 7) is -1.45. The van der Waals surface area contributed by atoms with Gasteiger partial charge < -0.3 is 11.1 Å². The van der Waals surface area contributed by atoms with E-state index in [2.05, 4.69) is 15.4 Å². The predicted octanol–water partition coefficient (Wildman–Crippen LogP) is 8.14. The molecule has 14 heteroatoms. The van der Waals surface area contributed by atoms with E-state index in [1.165, 1.54) is 30.0 Å². The first-order valence-corrected chi connectivity index (χ1v) is 16.5. The Balaban J connectivity index is 1.15. The summed E-state index contributed by atoms with van der Waals surface area (Å²) in [7, 11) is 0. The number of unbranched alkanes of at least 4 members (excludes halogenated alkanes) is 1. The lowest BCUT2D eigenvalue weighted by atomic mass is 9.73. The Morgan fingerprint density at radius 2 is 1.36 bits per heavy atom. The summed E-state index contributed by atoms with van der Waals surface area (Å²) in [5.74, 6) is -1.08. The first-order chi connectivity index (χ1) is 23.8. The van der Waals surface area contributed by atoms with E-state index < -0.39 is 41.7 Å². The smallest absolute Gasteiger partial charge is 0.368 e. The number of fused-ring (bicyclic) bond motifs is 3. The largest absolute Gasteiger partial charge is 0.416 e. The van der Waals surface area contributed by atoms with Gasteiger partial charge in [-0.15, -0.1) is 5.10 Å². The van der Waals surface area contributed by atoms with Crippen molar-refractivity contribution in [2.75, 3.05) is 18.0 Å². The van der Waals surface area contributed by atoms with Crippen LogP contribution in [0.3, 0.4) is 0 Å². The Hall–Kier alpha value is -5.11. The normalized spacial score (nSPS) is 13.5. The van der Waals surface area contributed by atoms with Gasteiger partial charge in [0.05, 0.1) is 5.56 Å². The number of nitrogen functional groups attached to an aromatic ring is 1. The van der Waals surface area contributed by atoms with Crippen LogP contribution in [0, 0.1) is 0 Å². The van der Waals surface area contributed by atoms with Crippen molar-refractivity contribution in [1.29, 1.82) is 0 Å². The van der Waals surface area contributed by atoms with Crippen LogP contribution in [-0.2, 0) is 16.4 Å². The van der Waals surface area contributed by atoms with Crippen LogP contribution in [0.2, 0.25) is 0 Å². The number of nitrogens with one attached hydrogen (secondary N) is 1. The molecular formula is C36H29F6N5O2S. The van der Waals surface area contributed by atoms with Gasteiger partial charge in [0.15, 0.2) is 0 Å². The van der Waals surface area contributed by atoms with Crippen molar-refractivity contribution in [2.45, 2.75) is 42.2 Å². The summed E-state index contributed by atoms with van der Waals surface area (Å²) in [4.78, 5) is 31.4. The van der Waals surface area contributed by atoms with Crippen LogP contribution in [-0.4, -0.2) is 45.1 Å². The van der Waals surface area contributed by atoms with E-state index in [0.29, 0.717) is 40.8 Å². The molecule has 0 spiro atoms. The Morgan fingerprint density at radius 3 is 1.96 bits per heavy atom. The van der Waals surface area contributed by atoms with Crippen LogP contribution in [0.1, 0.15) is 46.3 Å². The van der Waals surface area contributed by atoms with Gasteiger partial charge in [0.25, 0.3) is 5.91 Å². The molecule has 1 amide bonds. The van der Waals surface area contributed by atoms with Crippen molar-refractivity contribution in [3.63, 3.8) is 0 Å². The zero-order chi connectivity index (χ0) is 35.7. The quantitative estimate of drug-likeness (QED) is 0.0863. The van der Waals surface area contributed by atoms with E-state index in [9.17, 15) is 35.9 Å². The minimum absolute atomic E-state index is 0.159. The highest BCUT2D eigenvalue weighted by Crippen LogP contribution is 2.51. The van der Waals surface area contributed by atoms with Gasteiger partial charge in [-0.25, -0.2) is 0 Å². The first-order valence-electron chi connectivity index (χ1n) is 15.5. The standard InChI is InChI=1S/C36H29F6N5O2S/c37-35(38,39)21-44-31(49)34(28-13-5-3-10-25(28)26-11-4-6-14-29(26)34)19-7-8-20-50-33-45-32(43)47(46-33)30(48)27-12-2-1-9-24(27)22-15-17-23(18-16-22)36(40,41)42/h1-6,9-18H,7-8,19-21H2,(H,44,49)(H2,43,45,46). The van der Waals surface area contributed by atoms with Gasteiger partial charge in [-0.05, 0) is 64.4 Å². The van der Waals surface area contributed by atoms with Crippen molar-refractivity contribution in [3.8, 4) is 22.3 Å². The molecule has 1 heterocycles. The summed E-state index contributed by atoms with van der Waals surface area (Å²) >= 11 is 1.22. The number of benzene rings is 4. The summed E-state index contributed by atoms with van der Waals surface area (Å²) < 4.78 is 79.7. The minimum atomic E-state index is -4.57. The molecule has 1 aromatic heterocycles. The monoisotopic (exact) mass is 709 g/mol. The van der Waals surface area contributed by atoms with Gasteiger partial charge in [-0.3, -0.25) is 9.59 Å². The molecule has 6 rings (SSSR count). The third-order valence-corrected chi connectivity index (χ3v) is 9.49. The lowest BCUT2D eigenvalue weighted by Crippen LogP contribution is -2.47. The topological polar surface area (TPSA) is 103 Å². The van der Waals surface area contributed by atoms with Crippen LogP contribution in [0.5, 0.6) is 0 Å². The molecule has 0 radical (unpaired) electrons. The molecule has 0 aliphatic heterocycles. The number of alkyl halides is 6. The fourth-order valence-corrected chi connectivity index (χ4v) is 7.16. The number of aromatic nitrogens is 3. The molecular weight excluding hydrogens is 680 g/mol. The van der Waals surface area contributed by atoms with E-state index in [0.717, 1.165) is 27.9 Å². The van der Waals surface area contributed by atoms with E-state index in [1.807, 2.05) is 24.3 Å². The van der Waals surface area contributed by atoms with Gasteiger partial charge in [-0.2, -0.15) is 36.0 Å². The van der Waals surface area contributed by atoms with Crippen molar-refractivity contribution in [3.05, 3.63) is 119 Å². The van der Waals surface area contributed by atoms with Gasteiger partial charge >= 0.3 is 12.4 Å². The number of nitrogens with two attached hydrogens (primary N) is 1. The SMILES string of the molecule is Nc1nc(SCCCCC2(C(=O)NCC(F)(F)F)c3ccccc3-c3ccccc32)nn1C(=O)c1ccccc1-c1ccc(C(F)(F)F)cc1. The highest BCUT2D eigenvalue weighted by atomic mass is 32.2. The van der Waals surface area contributed by atoms with Gasteiger partial charge in [0, 0.05) is 11.3 Å². The van der Waals surface area contributed by atoms with Gasteiger partial charge in [0.2, 0.25) is 17.0 Å². The van der Waals surface area contributed by atoms with E-state index in [1.54, 1.807) is 42.5 Å². The molecule has 1 aliphatic rings. The Morgan fingerprint density at radius 1 is 0.780 bits per heavy atom. The van der Waals surface area contributed by atoms with Crippen LogP contribution in [0.25, 0.3) is 22.3 Å². The molecule has 0 fully saturated rings. The van der Waals surface area contributed by atoms with Crippen molar-refractivity contribution in [1.82, 2.24) is 20.1 Å². The van der Waals surface area contributed by atoms with Gasteiger partial charge in [-0.1, -0.05) is 97.0 Å². The molecule has 4 aromatic carbocycles. The summed E-state index contributed by atoms with van der Waals surface area (Å²) in [5.41, 5.74) is 7.76. The number of halogens is 6. The number of rotatable bonds is 10. The molecule has 0 bridgehead atoms. The second kappa shape index (κ2) is 13.7. The average molecular weight is 710 g/mol. The number of anilines is 1. The number of hydrogen-bond donors (Lipinski definition) is 2. The highest BCUT2D eigenvalue weighted by Gasteiger charge is 2.49. The Kier molecular flexibility index (Phi) is 9.49. The molecule has 3 N–H and O–H groups in total. The molecule has 0 atom stereocenters. The molecule has 0 unspecified atom stereocenters. The Bertz CT molecular complexity index is 2000. The number of thioether (sulfide) groups is 1. The number of carbonyl (C=O) groups is 2. The van der Waals surface area contributed by atoms with E-state index in [-0.39, 0.29) is 23.1 Å². The van der Waals surface area contributed by atoms with Crippen molar-refractivity contribution in [2.24, 2.45) is 0 Å². The second-order valence-electron chi connectivity index (χ2n) is 11.7. The molecule has 0 saturated carbocycles. The van der Waals surface area contributed by atoms with Crippen molar-refractivity contribution >= 4 is 29.5 Å². The maximum Gasteiger partial charge on any atom is 0.416 e. The third-order valence-electron chi connectivity index (χ3n) is 8.56. The second-order valence-corrected chi connectivity index (χ2v) is 12.8. The molecule has 50 heavy (non-hydrogen) atoms. The molecule has 1 aliphatic carbocycles. The molecule has 5 aromatic rings. The number of nitrogens with zero attached hydrogens (tertiary/aromatic N) is 3. The van der Waals surface area contributed by atoms with E-state index in [4.69, 9.17) is 5.73 Å². The number of amides is 1. The van der Waals surface area contributed by atoms with Crippen molar-refractivity contribution < 1.29 is 35.9 Å². The zero-order valence-electron chi connectivity index (χ0n) is 26.2. The number of hydrogen-bond acceptors (Lipinski definition) is 6. The Labute approximate surface area is 286 Å². The van der Waals surface area contributed by atoms with Crippen LogP contribution < -0.4 is 11.1 Å². The summed E-state index contributed by atoms with van der Waals surface area (Å²) in [6.07, 6.45) is -7.84. The summed E-state index contributed by atoms with van der Waals surface area (Å²) in [6, 6.07) is 25.3. The summed E-state index contributed by atoms with van der Waals surface area (Å²) in [5, 5.41) is 6.60. The van der Waals surface area contributed by atoms with Gasteiger partial charge in [0.1, 0.15) is 12.0 Å². The van der Waals surface area contributed by atoms with E-state index >= 15 is 0 Å². The zero-order valence-corrected chi connectivity index (χ0v) is 27.0. The highest BCUT2D eigenvalue weighted by molar-refractivity contribution is 7.99. The lowest BCUT2D eigenvalue weighted by Gasteiger charge is -2.31. The third kappa shape index (κ3) is 6.84. The molecule has 258 valence electrons.